The summed E-state index contributed by atoms with van der Waals surface area (Å²) in [7, 11) is 0. The number of benzene rings is 8. The minimum Gasteiger partial charge on any atom is -0.292 e. The molecule has 0 fully saturated rings. The normalized spacial score (nSPS) is 11.4. The first-order valence-corrected chi connectivity index (χ1v) is 20.1. The molecule has 0 saturated heterocycles. The molecule has 0 amide bonds. The highest BCUT2D eigenvalue weighted by Gasteiger charge is 2.20. The lowest BCUT2D eigenvalue weighted by Crippen LogP contribution is -2.01. The Labute approximate surface area is 339 Å². The molecule has 3 aromatic heterocycles. The van der Waals surface area contributed by atoms with Gasteiger partial charge >= 0.3 is 0 Å². The Morgan fingerprint density at radius 1 is 0.362 bits per heavy atom. The monoisotopic (exact) mass is 759 g/mol. The second-order valence-corrected chi connectivity index (χ2v) is 15.4. The van der Waals surface area contributed by atoms with Crippen molar-refractivity contribution < 1.29 is 0 Å². The lowest BCUT2D eigenvalue weighted by Gasteiger charge is -2.13. The second kappa shape index (κ2) is 14.2. The maximum atomic E-state index is 5.33. The minimum absolute atomic E-state index is 0.618. The van der Waals surface area contributed by atoms with E-state index in [4.69, 9.17) is 19.9 Å². The summed E-state index contributed by atoms with van der Waals surface area (Å²) in [4.78, 5) is 20.9. The van der Waals surface area contributed by atoms with Crippen molar-refractivity contribution in [3.8, 4) is 73.5 Å². The predicted molar refractivity (Wildman–Crippen MR) is 240 cm³/mol. The maximum absolute atomic E-state index is 5.33. The fourth-order valence-corrected chi connectivity index (χ4v) is 9.02. The number of aromatic nitrogens is 5. The van der Waals surface area contributed by atoms with Gasteiger partial charge < -0.3 is 0 Å². The van der Waals surface area contributed by atoms with E-state index in [0.29, 0.717) is 17.5 Å². The lowest BCUT2D eigenvalue weighted by atomic mass is 9.96. The molecule has 5 nitrogen and oxygen atoms in total. The third kappa shape index (κ3) is 6.04. The quantitative estimate of drug-likeness (QED) is 0.162. The standard InChI is InChI=1S/C52H33N5S/c1-5-16-34(17-6-1)38-30-39(35-18-7-2-8-19-35)32-40(31-38)50-54-49(36-20-9-3-10-21-36)55-51(56-50)42-24-15-27-47-48(42)43-33-37(28-29-46(43)58-47)52-53-44-25-13-14-26-45(44)57(52)41-22-11-4-12-23-41/h1-33H. The number of thiophene rings is 1. The first-order valence-electron chi connectivity index (χ1n) is 19.3. The summed E-state index contributed by atoms with van der Waals surface area (Å²) in [6.45, 7) is 0. The molecule has 0 saturated carbocycles. The van der Waals surface area contributed by atoms with Gasteiger partial charge in [0.1, 0.15) is 5.82 Å². The van der Waals surface area contributed by atoms with Gasteiger partial charge in [-0.25, -0.2) is 19.9 Å². The molecule has 3 heterocycles. The largest absolute Gasteiger partial charge is 0.292 e. The fourth-order valence-electron chi connectivity index (χ4n) is 7.90. The zero-order chi connectivity index (χ0) is 38.4. The van der Waals surface area contributed by atoms with Gasteiger partial charge in [0.2, 0.25) is 0 Å². The molecule has 0 bridgehead atoms. The number of para-hydroxylation sites is 3. The van der Waals surface area contributed by atoms with Crippen molar-refractivity contribution in [3.05, 3.63) is 200 Å². The molecule has 8 aromatic carbocycles. The van der Waals surface area contributed by atoms with Gasteiger partial charge in [0.05, 0.1) is 11.0 Å². The molecule has 6 heteroatoms. The van der Waals surface area contributed by atoms with Crippen molar-refractivity contribution in [2.24, 2.45) is 0 Å². The van der Waals surface area contributed by atoms with Crippen LogP contribution in [0.4, 0.5) is 0 Å². The SMILES string of the molecule is c1ccc(-c2cc(-c3ccccc3)cc(-c3nc(-c4ccccc4)nc(-c4cccc5sc6ccc(-c7nc8ccccc8n7-c7ccccc7)cc6c45)n3)c2)cc1. The van der Waals surface area contributed by atoms with E-state index < -0.39 is 0 Å². The van der Waals surface area contributed by atoms with Crippen LogP contribution < -0.4 is 0 Å². The summed E-state index contributed by atoms with van der Waals surface area (Å²) in [5, 5.41) is 2.26. The molecule has 11 rings (SSSR count). The molecule has 0 aliphatic carbocycles. The zero-order valence-corrected chi connectivity index (χ0v) is 32.0. The minimum atomic E-state index is 0.618. The average molecular weight is 760 g/mol. The zero-order valence-electron chi connectivity index (χ0n) is 31.2. The fraction of sp³-hybridized carbons (Fsp3) is 0. The summed E-state index contributed by atoms with van der Waals surface area (Å²) >= 11 is 1.78. The first-order chi connectivity index (χ1) is 28.7. The number of hydrogen-bond acceptors (Lipinski definition) is 5. The summed E-state index contributed by atoms with van der Waals surface area (Å²) in [5.74, 6) is 2.77. The Bertz CT molecular complexity index is 3210. The number of fused-ring (bicyclic) bond motifs is 4. The Morgan fingerprint density at radius 3 is 1.62 bits per heavy atom. The van der Waals surface area contributed by atoms with Gasteiger partial charge in [-0.2, -0.15) is 0 Å². The van der Waals surface area contributed by atoms with E-state index in [1.54, 1.807) is 11.3 Å². The molecule has 0 radical (unpaired) electrons. The molecule has 0 unspecified atom stereocenters. The highest BCUT2D eigenvalue weighted by Crippen LogP contribution is 2.42. The molecule has 0 aliphatic rings. The van der Waals surface area contributed by atoms with Gasteiger partial charge in [-0.1, -0.05) is 133 Å². The predicted octanol–water partition coefficient (Wildman–Crippen LogP) is 13.6. The molecular weight excluding hydrogens is 727 g/mol. The van der Waals surface area contributed by atoms with Crippen molar-refractivity contribution in [1.82, 2.24) is 24.5 Å². The number of hydrogen-bond donors (Lipinski definition) is 0. The van der Waals surface area contributed by atoms with Gasteiger partial charge in [-0.05, 0) is 89.0 Å². The highest BCUT2D eigenvalue weighted by atomic mass is 32.1. The molecule has 0 aliphatic heterocycles. The van der Waals surface area contributed by atoms with E-state index in [9.17, 15) is 0 Å². The molecule has 272 valence electrons. The molecule has 0 N–H and O–H groups in total. The molecular formula is C52H33N5S. The topological polar surface area (TPSA) is 56.5 Å². The highest BCUT2D eigenvalue weighted by molar-refractivity contribution is 7.26. The number of imidazole rings is 1. The summed E-state index contributed by atoms with van der Waals surface area (Å²) in [5.41, 5.74) is 11.4. The summed E-state index contributed by atoms with van der Waals surface area (Å²) in [6, 6.07) is 69.8. The van der Waals surface area contributed by atoms with E-state index in [-0.39, 0.29) is 0 Å². The van der Waals surface area contributed by atoms with E-state index in [1.807, 2.05) is 42.5 Å². The van der Waals surface area contributed by atoms with Crippen LogP contribution >= 0.6 is 11.3 Å². The van der Waals surface area contributed by atoms with Crippen LogP contribution in [0.15, 0.2) is 200 Å². The van der Waals surface area contributed by atoms with Gasteiger partial charge in [0, 0.05) is 48.1 Å². The smallest absolute Gasteiger partial charge is 0.164 e. The van der Waals surface area contributed by atoms with Crippen LogP contribution in [0.5, 0.6) is 0 Å². The maximum Gasteiger partial charge on any atom is 0.164 e. The van der Waals surface area contributed by atoms with Crippen molar-refractivity contribution >= 4 is 42.5 Å². The van der Waals surface area contributed by atoms with Crippen molar-refractivity contribution in [2.75, 3.05) is 0 Å². The van der Waals surface area contributed by atoms with E-state index in [1.165, 1.54) is 9.40 Å². The Balaban J connectivity index is 1.13. The number of nitrogens with zero attached hydrogens (tertiary/aromatic N) is 5. The van der Waals surface area contributed by atoms with Crippen LogP contribution in [0, 0.1) is 0 Å². The lowest BCUT2D eigenvalue weighted by molar-refractivity contribution is 1.08. The Kier molecular flexibility index (Phi) is 8.26. The third-order valence-electron chi connectivity index (χ3n) is 10.6. The second-order valence-electron chi connectivity index (χ2n) is 14.3. The van der Waals surface area contributed by atoms with Gasteiger partial charge in [0.15, 0.2) is 17.5 Å². The van der Waals surface area contributed by atoms with Crippen molar-refractivity contribution in [1.29, 1.82) is 0 Å². The average Bonchev–Trinajstić information content (AvgIpc) is 3.89. The van der Waals surface area contributed by atoms with Crippen LogP contribution in [0.2, 0.25) is 0 Å². The van der Waals surface area contributed by atoms with Crippen molar-refractivity contribution in [3.63, 3.8) is 0 Å². The summed E-state index contributed by atoms with van der Waals surface area (Å²) in [6.07, 6.45) is 0. The van der Waals surface area contributed by atoms with Crippen molar-refractivity contribution in [2.45, 2.75) is 0 Å². The van der Waals surface area contributed by atoms with Gasteiger partial charge in [-0.3, -0.25) is 4.57 Å². The number of rotatable bonds is 7. The van der Waals surface area contributed by atoms with Crippen LogP contribution in [0.3, 0.4) is 0 Å². The molecule has 11 aromatic rings. The van der Waals surface area contributed by atoms with Crippen LogP contribution in [-0.4, -0.2) is 24.5 Å². The first kappa shape index (κ1) is 33.8. The van der Waals surface area contributed by atoms with Crippen LogP contribution in [-0.2, 0) is 0 Å². The molecule has 0 atom stereocenters. The van der Waals surface area contributed by atoms with E-state index in [2.05, 4.69) is 162 Å². The van der Waals surface area contributed by atoms with E-state index >= 15 is 0 Å². The van der Waals surface area contributed by atoms with Crippen LogP contribution in [0.25, 0.3) is 105 Å². The summed E-state index contributed by atoms with van der Waals surface area (Å²) < 4.78 is 4.61. The Hall–Kier alpha value is -7.54. The van der Waals surface area contributed by atoms with E-state index in [0.717, 1.165) is 77.8 Å². The van der Waals surface area contributed by atoms with Crippen LogP contribution in [0.1, 0.15) is 0 Å². The van der Waals surface area contributed by atoms with Gasteiger partial charge in [-0.15, -0.1) is 11.3 Å². The molecule has 58 heavy (non-hydrogen) atoms. The third-order valence-corrected chi connectivity index (χ3v) is 11.8. The van der Waals surface area contributed by atoms with Gasteiger partial charge in [0.25, 0.3) is 0 Å². The Morgan fingerprint density at radius 2 is 0.931 bits per heavy atom. The molecule has 0 spiro atoms.